The molecule has 1 aromatic heterocycles. The summed E-state index contributed by atoms with van der Waals surface area (Å²) in [5, 5.41) is 0. The van der Waals surface area contributed by atoms with E-state index >= 15 is 0 Å². The van der Waals surface area contributed by atoms with E-state index in [0.29, 0.717) is 0 Å². The summed E-state index contributed by atoms with van der Waals surface area (Å²) < 4.78 is 11.0. The van der Waals surface area contributed by atoms with Gasteiger partial charge < -0.3 is 9.47 Å². The number of piperidine rings is 1. The Bertz CT molecular complexity index is 590. The standard InChI is InChI=1S/C20H31N3O2/c1-24-19-8-9-21-18(20(19)25-2)14-22-10-16-6-7-17(13-22)23(12-16)11-15-4-3-5-15/h8-9,15-17H,3-7,10-14H2,1-2H3/t16-,17+/m1/s1. The summed E-state index contributed by atoms with van der Waals surface area (Å²) in [7, 11) is 3.39. The van der Waals surface area contributed by atoms with E-state index in [1.54, 1.807) is 14.2 Å². The molecular weight excluding hydrogens is 314 g/mol. The van der Waals surface area contributed by atoms with Crippen LogP contribution in [0.25, 0.3) is 0 Å². The van der Waals surface area contributed by atoms with Crippen LogP contribution in [0.5, 0.6) is 11.5 Å². The van der Waals surface area contributed by atoms with Crippen LogP contribution in [0.15, 0.2) is 12.3 Å². The lowest BCUT2D eigenvalue weighted by atomic mass is 9.83. The Labute approximate surface area is 151 Å². The zero-order valence-corrected chi connectivity index (χ0v) is 15.6. The highest BCUT2D eigenvalue weighted by atomic mass is 16.5. The first-order valence-corrected chi connectivity index (χ1v) is 9.79. The van der Waals surface area contributed by atoms with Gasteiger partial charge in [-0.1, -0.05) is 6.42 Å². The molecule has 3 saturated heterocycles. The van der Waals surface area contributed by atoms with Crippen LogP contribution in [0, 0.1) is 11.8 Å². The summed E-state index contributed by atoms with van der Waals surface area (Å²) in [6.07, 6.45) is 8.90. The third-order valence-corrected chi connectivity index (χ3v) is 6.36. The molecule has 25 heavy (non-hydrogen) atoms. The molecule has 4 aliphatic rings. The van der Waals surface area contributed by atoms with E-state index < -0.39 is 0 Å². The van der Waals surface area contributed by atoms with Gasteiger partial charge in [-0.2, -0.15) is 0 Å². The summed E-state index contributed by atoms with van der Waals surface area (Å²) in [6.45, 7) is 5.81. The Balaban J connectivity index is 1.45. The SMILES string of the molecule is COc1ccnc(CN2C[C@H]3CC[C@@H](C2)N(CC2CCC2)C3)c1OC. The Morgan fingerprint density at radius 2 is 1.96 bits per heavy atom. The third kappa shape index (κ3) is 3.63. The molecule has 5 nitrogen and oxygen atoms in total. The molecule has 5 heteroatoms. The number of nitrogens with zero attached hydrogens (tertiary/aromatic N) is 3. The molecule has 0 N–H and O–H groups in total. The summed E-state index contributed by atoms with van der Waals surface area (Å²) in [5.41, 5.74) is 0.994. The van der Waals surface area contributed by atoms with Crippen molar-refractivity contribution in [2.24, 2.45) is 11.8 Å². The van der Waals surface area contributed by atoms with Crippen LogP contribution in [0.3, 0.4) is 0 Å². The van der Waals surface area contributed by atoms with E-state index in [1.165, 1.54) is 51.7 Å². The summed E-state index contributed by atoms with van der Waals surface area (Å²) in [6, 6.07) is 2.59. The Kier molecular flexibility index (Phi) is 5.13. The van der Waals surface area contributed by atoms with Gasteiger partial charge in [0, 0.05) is 51.0 Å². The van der Waals surface area contributed by atoms with Crippen molar-refractivity contribution in [2.45, 2.75) is 44.7 Å². The molecule has 5 rings (SSSR count). The van der Waals surface area contributed by atoms with Crippen LogP contribution in [0.4, 0.5) is 0 Å². The number of methoxy groups -OCH3 is 2. The van der Waals surface area contributed by atoms with Crippen LogP contribution >= 0.6 is 0 Å². The van der Waals surface area contributed by atoms with Crippen molar-refractivity contribution < 1.29 is 9.47 Å². The summed E-state index contributed by atoms with van der Waals surface area (Å²) in [5.74, 6) is 3.33. The zero-order chi connectivity index (χ0) is 17.2. The smallest absolute Gasteiger partial charge is 0.183 e. The number of fused-ring (bicyclic) bond motifs is 4. The number of hydrogen-bond donors (Lipinski definition) is 0. The molecule has 0 spiro atoms. The molecule has 1 saturated carbocycles. The predicted octanol–water partition coefficient (Wildman–Crippen LogP) is 2.80. The molecular formula is C20H31N3O2. The van der Waals surface area contributed by atoms with Crippen molar-refractivity contribution in [2.75, 3.05) is 40.4 Å². The van der Waals surface area contributed by atoms with Gasteiger partial charge in [0.25, 0.3) is 0 Å². The highest BCUT2D eigenvalue weighted by Gasteiger charge is 2.36. The van der Waals surface area contributed by atoms with Crippen molar-refractivity contribution >= 4 is 0 Å². The zero-order valence-electron chi connectivity index (χ0n) is 15.6. The first-order chi connectivity index (χ1) is 12.3. The van der Waals surface area contributed by atoms with Crippen molar-refractivity contribution in [1.82, 2.24) is 14.8 Å². The van der Waals surface area contributed by atoms with Gasteiger partial charge in [0.1, 0.15) is 5.69 Å². The minimum Gasteiger partial charge on any atom is -0.493 e. The highest BCUT2D eigenvalue weighted by Crippen LogP contribution is 2.35. The number of aromatic nitrogens is 1. The second-order valence-corrected chi connectivity index (χ2v) is 8.04. The maximum absolute atomic E-state index is 5.58. The summed E-state index contributed by atoms with van der Waals surface area (Å²) >= 11 is 0. The van der Waals surface area contributed by atoms with Gasteiger partial charge in [-0.05, 0) is 37.5 Å². The molecule has 4 heterocycles. The Morgan fingerprint density at radius 3 is 2.68 bits per heavy atom. The molecule has 2 bridgehead atoms. The maximum atomic E-state index is 5.58. The topological polar surface area (TPSA) is 37.8 Å². The van der Waals surface area contributed by atoms with Gasteiger partial charge in [-0.25, -0.2) is 0 Å². The molecule has 4 fully saturated rings. The van der Waals surface area contributed by atoms with Gasteiger partial charge in [-0.15, -0.1) is 0 Å². The van der Waals surface area contributed by atoms with Crippen LogP contribution < -0.4 is 9.47 Å². The predicted molar refractivity (Wildman–Crippen MR) is 98.0 cm³/mol. The molecule has 2 atom stereocenters. The number of rotatable bonds is 6. The monoisotopic (exact) mass is 345 g/mol. The van der Waals surface area contributed by atoms with Crippen LogP contribution in [-0.4, -0.2) is 61.2 Å². The normalized spacial score (nSPS) is 27.8. The fourth-order valence-electron chi connectivity index (χ4n) is 4.81. The van der Waals surface area contributed by atoms with Crippen molar-refractivity contribution in [3.05, 3.63) is 18.0 Å². The Hall–Kier alpha value is -1.33. The fraction of sp³-hybridized carbons (Fsp3) is 0.750. The van der Waals surface area contributed by atoms with Crippen molar-refractivity contribution in [3.63, 3.8) is 0 Å². The van der Waals surface area contributed by atoms with Gasteiger partial charge in [0.2, 0.25) is 0 Å². The highest BCUT2D eigenvalue weighted by molar-refractivity contribution is 5.42. The lowest BCUT2D eigenvalue weighted by Gasteiger charge is -2.40. The Morgan fingerprint density at radius 1 is 1.08 bits per heavy atom. The van der Waals surface area contributed by atoms with Gasteiger partial charge in [0.05, 0.1) is 14.2 Å². The van der Waals surface area contributed by atoms with Crippen LogP contribution in [-0.2, 0) is 6.54 Å². The number of pyridine rings is 1. The summed E-state index contributed by atoms with van der Waals surface area (Å²) in [4.78, 5) is 9.97. The van der Waals surface area contributed by atoms with Crippen LogP contribution in [0.1, 0.15) is 37.8 Å². The van der Waals surface area contributed by atoms with Gasteiger partial charge >= 0.3 is 0 Å². The van der Waals surface area contributed by atoms with Gasteiger partial charge in [-0.3, -0.25) is 14.8 Å². The maximum Gasteiger partial charge on any atom is 0.183 e. The van der Waals surface area contributed by atoms with E-state index in [4.69, 9.17) is 9.47 Å². The first kappa shape index (κ1) is 17.1. The third-order valence-electron chi connectivity index (χ3n) is 6.36. The molecule has 1 aliphatic carbocycles. The second kappa shape index (κ2) is 7.50. The minimum absolute atomic E-state index is 0.718. The fourth-order valence-corrected chi connectivity index (χ4v) is 4.81. The average molecular weight is 345 g/mol. The van der Waals surface area contributed by atoms with E-state index in [2.05, 4.69) is 14.8 Å². The largest absolute Gasteiger partial charge is 0.493 e. The quantitative estimate of drug-likeness (QED) is 0.793. The van der Waals surface area contributed by atoms with Gasteiger partial charge in [0.15, 0.2) is 11.5 Å². The van der Waals surface area contributed by atoms with Crippen molar-refractivity contribution in [1.29, 1.82) is 0 Å². The van der Waals surface area contributed by atoms with E-state index in [9.17, 15) is 0 Å². The van der Waals surface area contributed by atoms with E-state index in [1.807, 2.05) is 12.3 Å². The lowest BCUT2D eigenvalue weighted by Crippen LogP contribution is -2.46. The second-order valence-electron chi connectivity index (χ2n) is 8.04. The molecule has 138 valence electrons. The molecule has 1 aromatic rings. The molecule has 0 unspecified atom stereocenters. The number of hydrogen-bond acceptors (Lipinski definition) is 5. The lowest BCUT2D eigenvalue weighted by molar-refractivity contribution is 0.0890. The molecule has 0 aromatic carbocycles. The van der Waals surface area contributed by atoms with Crippen LogP contribution in [0.2, 0.25) is 0 Å². The first-order valence-electron chi connectivity index (χ1n) is 9.79. The molecule has 0 amide bonds. The molecule has 3 aliphatic heterocycles. The van der Waals surface area contributed by atoms with Crippen molar-refractivity contribution in [3.8, 4) is 11.5 Å². The minimum atomic E-state index is 0.718. The van der Waals surface area contributed by atoms with E-state index in [-0.39, 0.29) is 0 Å². The van der Waals surface area contributed by atoms with E-state index in [0.717, 1.165) is 48.2 Å². The number of ether oxygens (including phenoxy) is 2. The average Bonchev–Trinajstić information content (AvgIpc) is 2.88. The molecule has 0 radical (unpaired) electrons.